The van der Waals surface area contributed by atoms with Crippen molar-refractivity contribution in [3.05, 3.63) is 12.3 Å². The lowest BCUT2D eigenvalue weighted by Crippen LogP contribution is -2.16. The zero-order valence-corrected chi connectivity index (χ0v) is 5.58. The van der Waals surface area contributed by atoms with Crippen molar-refractivity contribution in [3.63, 3.8) is 0 Å². The fourth-order valence-corrected chi connectivity index (χ4v) is 1.66. The lowest BCUT2D eigenvalue weighted by atomic mass is 9.73. The quantitative estimate of drug-likeness (QED) is 0.438. The summed E-state index contributed by atoms with van der Waals surface area (Å²) in [4.78, 5) is 0. The van der Waals surface area contributed by atoms with Gasteiger partial charge in [0.2, 0.25) is 0 Å². The predicted molar refractivity (Wildman–Crippen MR) is 37.2 cm³/mol. The molecule has 2 heterocycles. The van der Waals surface area contributed by atoms with Crippen molar-refractivity contribution in [2.75, 3.05) is 0 Å². The molecular formula is C7H10BO. The van der Waals surface area contributed by atoms with Crippen LogP contribution in [0.1, 0.15) is 6.92 Å². The Hall–Kier alpha value is -0.395. The fourth-order valence-electron chi connectivity index (χ4n) is 1.66. The van der Waals surface area contributed by atoms with Gasteiger partial charge in [0.15, 0.2) is 7.28 Å². The molecule has 0 aromatic rings. The van der Waals surface area contributed by atoms with E-state index >= 15 is 0 Å². The Morgan fingerprint density at radius 1 is 1.67 bits per heavy atom. The molecule has 1 nitrogen and oxygen atoms in total. The molecule has 9 heavy (non-hydrogen) atoms. The smallest absolute Gasteiger partial charge is 0.167 e. The van der Waals surface area contributed by atoms with Crippen LogP contribution < -0.4 is 0 Å². The summed E-state index contributed by atoms with van der Waals surface area (Å²) in [5, 5.41) is 0. The van der Waals surface area contributed by atoms with Gasteiger partial charge in [0.1, 0.15) is 0 Å². The Labute approximate surface area is 56.3 Å². The normalized spacial score (nSPS) is 46.1. The van der Waals surface area contributed by atoms with Gasteiger partial charge in [0.25, 0.3) is 0 Å². The molecule has 0 aromatic carbocycles. The molecule has 1 radical (unpaired) electrons. The minimum absolute atomic E-state index is 0.417. The molecule has 2 heteroatoms. The van der Waals surface area contributed by atoms with Crippen molar-refractivity contribution < 1.29 is 4.74 Å². The van der Waals surface area contributed by atoms with Crippen LogP contribution >= 0.6 is 0 Å². The molecule has 0 spiro atoms. The van der Waals surface area contributed by atoms with Gasteiger partial charge in [0, 0.05) is 5.92 Å². The van der Waals surface area contributed by atoms with Gasteiger partial charge in [-0.15, -0.1) is 0 Å². The zero-order valence-electron chi connectivity index (χ0n) is 5.58. The summed E-state index contributed by atoms with van der Waals surface area (Å²) >= 11 is 0. The first-order valence-electron chi connectivity index (χ1n) is 3.53. The van der Waals surface area contributed by atoms with E-state index in [1.165, 1.54) is 6.32 Å². The van der Waals surface area contributed by atoms with Crippen LogP contribution in [0.25, 0.3) is 0 Å². The van der Waals surface area contributed by atoms with Crippen molar-refractivity contribution in [1.29, 1.82) is 0 Å². The van der Waals surface area contributed by atoms with Crippen LogP contribution in [0.15, 0.2) is 12.3 Å². The third-order valence-electron chi connectivity index (χ3n) is 2.31. The molecule has 0 amide bonds. The summed E-state index contributed by atoms with van der Waals surface area (Å²) in [7, 11) is 2.27. The highest BCUT2D eigenvalue weighted by Crippen LogP contribution is 2.33. The molecule has 0 bridgehead atoms. The average molecular weight is 121 g/mol. The molecule has 2 rings (SSSR count). The molecule has 47 valence electrons. The van der Waals surface area contributed by atoms with Gasteiger partial charge in [-0.05, 0) is 12.0 Å². The molecule has 1 saturated heterocycles. The third-order valence-corrected chi connectivity index (χ3v) is 2.31. The van der Waals surface area contributed by atoms with Gasteiger partial charge in [0.05, 0.1) is 12.3 Å². The summed E-state index contributed by atoms with van der Waals surface area (Å²) in [5.41, 5.74) is 0. The van der Waals surface area contributed by atoms with Crippen LogP contribution in [-0.4, -0.2) is 13.3 Å². The minimum atomic E-state index is 0.417. The second-order valence-corrected chi connectivity index (χ2v) is 2.96. The number of fused-ring (bicyclic) bond motifs is 1. The third kappa shape index (κ3) is 0.690. The lowest BCUT2D eigenvalue weighted by Gasteiger charge is -2.11. The van der Waals surface area contributed by atoms with Crippen molar-refractivity contribution in [1.82, 2.24) is 0 Å². The molecular weight excluding hydrogens is 111 g/mol. The van der Waals surface area contributed by atoms with Gasteiger partial charge < -0.3 is 4.74 Å². The fraction of sp³-hybridized carbons (Fsp3) is 0.714. The van der Waals surface area contributed by atoms with E-state index in [1.807, 2.05) is 6.26 Å². The topological polar surface area (TPSA) is 9.23 Å². The van der Waals surface area contributed by atoms with Crippen molar-refractivity contribution in [2.24, 2.45) is 11.8 Å². The largest absolute Gasteiger partial charge is 0.507 e. The molecule has 3 atom stereocenters. The standard InChI is InChI=1S/C7H10BO/c1-5-4-8-7-6(5)2-3-9-7/h2-3,5-7H,4H2,1H3. The van der Waals surface area contributed by atoms with E-state index in [4.69, 9.17) is 4.74 Å². The van der Waals surface area contributed by atoms with E-state index in [1.54, 1.807) is 0 Å². The zero-order chi connectivity index (χ0) is 6.27. The Kier molecular flexibility index (Phi) is 1.07. The van der Waals surface area contributed by atoms with Gasteiger partial charge in [-0.2, -0.15) is 0 Å². The highest BCUT2D eigenvalue weighted by Gasteiger charge is 2.35. The Bertz CT molecular complexity index is 144. The molecule has 3 unspecified atom stereocenters. The van der Waals surface area contributed by atoms with Crippen molar-refractivity contribution in [2.45, 2.75) is 19.2 Å². The van der Waals surface area contributed by atoms with E-state index < -0.39 is 0 Å². The van der Waals surface area contributed by atoms with Gasteiger partial charge >= 0.3 is 0 Å². The maximum atomic E-state index is 5.31. The number of hydrogen-bond acceptors (Lipinski definition) is 1. The van der Waals surface area contributed by atoms with Crippen LogP contribution in [0.4, 0.5) is 0 Å². The first-order chi connectivity index (χ1) is 4.38. The monoisotopic (exact) mass is 121 g/mol. The van der Waals surface area contributed by atoms with Crippen LogP contribution in [0.5, 0.6) is 0 Å². The van der Waals surface area contributed by atoms with Crippen molar-refractivity contribution >= 4 is 7.28 Å². The van der Waals surface area contributed by atoms with Gasteiger partial charge in [-0.1, -0.05) is 13.2 Å². The summed E-state index contributed by atoms with van der Waals surface area (Å²) in [6.45, 7) is 2.28. The number of hydrogen-bond donors (Lipinski definition) is 0. The van der Waals surface area contributed by atoms with E-state index in [-0.39, 0.29) is 0 Å². The molecule has 0 aliphatic carbocycles. The van der Waals surface area contributed by atoms with Crippen LogP contribution in [0.3, 0.4) is 0 Å². The number of rotatable bonds is 0. The first-order valence-corrected chi connectivity index (χ1v) is 3.53. The predicted octanol–water partition coefficient (Wildman–Crippen LogP) is 1.24. The Morgan fingerprint density at radius 3 is 3.33 bits per heavy atom. The molecule has 1 fully saturated rings. The Morgan fingerprint density at radius 2 is 2.56 bits per heavy atom. The van der Waals surface area contributed by atoms with Crippen LogP contribution in [-0.2, 0) is 4.74 Å². The average Bonchev–Trinajstić information content (AvgIpc) is 2.35. The van der Waals surface area contributed by atoms with E-state index in [0.717, 1.165) is 5.92 Å². The molecule has 0 N–H and O–H groups in total. The van der Waals surface area contributed by atoms with Gasteiger partial charge in [-0.3, -0.25) is 0 Å². The molecule has 2 aliphatic heterocycles. The maximum Gasteiger partial charge on any atom is 0.167 e. The van der Waals surface area contributed by atoms with E-state index in [9.17, 15) is 0 Å². The SMILES string of the molecule is CC1C[B]C2OC=CC12. The summed E-state index contributed by atoms with van der Waals surface area (Å²) in [5.74, 6) is 1.48. The van der Waals surface area contributed by atoms with Crippen LogP contribution in [0, 0.1) is 11.8 Å². The maximum absolute atomic E-state index is 5.31. The molecule has 0 aromatic heterocycles. The first kappa shape index (κ1) is 5.39. The second-order valence-electron chi connectivity index (χ2n) is 2.96. The molecule has 2 aliphatic rings. The van der Waals surface area contributed by atoms with Gasteiger partial charge in [-0.25, -0.2) is 0 Å². The highest BCUT2D eigenvalue weighted by molar-refractivity contribution is 6.38. The summed E-state index contributed by atoms with van der Waals surface area (Å²) in [6, 6.07) is 0.417. The highest BCUT2D eigenvalue weighted by atomic mass is 16.5. The van der Waals surface area contributed by atoms with Crippen LogP contribution in [0.2, 0.25) is 6.32 Å². The van der Waals surface area contributed by atoms with Crippen molar-refractivity contribution in [3.8, 4) is 0 Å². The minimum Gasteiger partial charge on any atom is -0.507 e. The lowest BCUT2D eigenvalue weighted by molar-refractivity contribution is 0.200. The molecule has 0 saturated carbocycles. The summed E-state index contributed by atoms with van der Waals surface area (Å²) < 4.78 is 5.31. The van der Waals surface area contributed by atoms with E-state index in [2.05, 4.69) is 20.3 Å². The second kappa shape index (κ2) is 1.79. The Balaban J connectivity index is 2.15. The summed E-state index contributed by atoms with van der Waals surface area (Å²) in [6.07, 6.45) is 5.24. The van der Waals surface area contributed by atoms with E-state index in [0.29, 0.717) is 11.9 Å². The number of ether oxygens (including phenoxy) is 1.